The van der Waals surface area contributed by atoms with Crippen molar-refractivity contribution in [2.75, 3.05) is 7.11 Å². The second-order valence-electron chi connectivity index (χ2n) is 4.96. The van der Waals surface area contributed by atoms with E-state index in [1.165, 1.54) is 16.7 Å². The maximum Gasteiger partial charge on any atom is 0.123 e. The van der Waals surface area contributed by atoms with Gasteiger partial charge in [0.05, 0.1) is 13.2 Å². The number of para-hydroxylation sites is 1. The lowest BCUT2D eigenvalue weighted by molar-refractivity contribution is 0.408. The van der Waals surface area contributed by atoms with Crippen molar-refractivity contribution in [2.24, 2.45) is 5.73 Å². The molecule has 2 rings (SSSR count). The third-order valence-electron chi connectivity index (χ3n) is 3.81. The average molecular weight is 269 g/mol. The van der Waals surface area contributed by atoms with Crippen LogP contribution in [-0.2, 0) is 12.8 Å². The van der Waals surface area contributed by atoms with E-state index >= 15 is 0 Å². The molecule has 2 aromatic carbocycles. The minimum absolute atomic E-state index is 0.146. The van der Waals surface area contributed by atoms with Gasteiger partial charge in [-0.05, 0) is 35.6 Å². The van der Waals surface area contributed by atoms with Crippen molar-refractivity contribution in [3.63, 3.8) is 0 Å². The van der Waals surface area contributed by atoms with Crippen molar-refractivity contribution in [2.45, 2.75) is 32.7 Å². The molecule has 0 radical (unpaired) electrons. The van der Waals surface area contributed by atoms with Gasteiger partial charge in [0.15, 0.2) is 0 Å². The number of aryl methyl sites for hydroxylation is 2. The predicted molar refractivity (Wildman–Crippen MR) is 84.2 cm³/mol. The smallest absolute Gasteiger partial charge is 0.123 e. The Kier molecular flexibility index (Phi) is 4.80. The summed E-state index contributed by atoms with van der Waals surface area (Å²) in [6.07, 6.45) is 2.01. The lowest BCUT2D eigenvalue weighted by atomic mass is 9.91. The van der Waals surface area contributed by atoms with Crippen LogP contribution in [0.15, 0.2) is 42.5 Å². The molecule has 0 heterocycles. The summed E-state index contributed by atoms with van der Waals surface area (Å²) in [7, 11) is 1.69. The number of rotatable bonds is 5. The van der Waals surface area contributed by atoms with E-state index in [0.29, 0.717) is 0 Å². The molecule has 0 aliphatic rings. The van der Waals surface area contributed by atoms with Crippen LogP contribution in [0, 0.1) is 0 Å². The first-order valence-corrected chi connectivity index (χ1v) is 7.21. The Labute approximate surface area is 121 Å². The van der Waals surface area contributed by atoms with Gasteiger partial charge in [-0.2, -0.15) is 0 Å². The quantitative estimate of drug-likeness (QED) is 0.894. The van der Waals surface area contributed by atoms with E-state index in [1.807, 2.05) is 24.3 Å². The third kappa shape index (κ3) is 2.86. The second kappa shape index (κ2) is 6.58. The van der Waals surface area contributed by atoms with E-state index in [2.05, 4.69) is 32.0 Å². The van der Waals surface area contributed by atoms with Crippen LogP contribution in [0.1, 0.15) is 42.1 Å². The van der Waals surface area contributed by atoms with E-state index in [0.717, 1.165) is 24.2 Å². The third-order valence-corrected chi connectivity index (χ3v) is 3.81. The molecule has 0 fully saturated rings. The molecule has 0 spiro atoms. The zero-order valence-electron chi connectivity index (χ0n) is 12.5. The Balaban J connectivity index is 2.49. The molecular weight excluding hydrogens is 246 g/mol. The van der Waals surface area contributed by atoms with E-state index in [4.69, 9.17) is 10.5 Å². The van der Waals surface area contributed by atoms with Crippen molar-refractivity contribution >= 4 is 0 Å². The summed E-state index contributed by atoms with van der Waals surface area (Å²) >= 11 is 0. The molecule has 106 valence electrons. The Bertz CT molecular complexity index is 577. The van der Waals surface area contributed by atoms with Crippen molar-refractivity contribution in [3.05, 3.63) is 64.7 Å². The van der Waals surface area contributed by atoms with Crippen LogP contribution in [0.5, 0.6) is 5.75 Å². The number of nitrogens with two attached hydrogens (primary N) is 1. The van der Waals surface area contributed by atoms with Gasteiger partial charge in [0.2, 0.25) is 0 Å². The average Bonchev–Trinajstić information content (AvgIpc) is 2.53. The van der Waals surface area contributed by atoms with Crippen molar-refractivity contribution in [1.29, 1.82) is 0 Å². The summed E-state index contributed by atoms with van der Waals surface area (Å²) in [4.78, 5) is 0. The summed E-state index contributed by atoms with van der Waals surface area (Å²) in [5.74, 6) is 0.851. The zero-order valence-corrected chi connectivity index (χ0v) is 12.5. The number of benzene rings is 2. The van der Waals surface area contributed by atoms with Gasteiger partial charge in [0.1, 0.15) is 5.75 Å². The number of ether oxygens (including phenoxy) is 1. The van der Waals surface area contributed by atoms with Crippen molar-refractivity contribution < 1.29 is 4.74 Å². The van der Waals surface area contributed by atoms with Crippen molar-refractivity contribution in [3.8, 4) is 5.75 Å². The molecule has 0 aliphatic carbocycles. The van der Waals surface area contributed by atoms with Gasteiger partial charge >= 0.3 is 0 Å². The van der Waals surface area contributed by atoms with Crippen LogP contribution in [0.2, 0.25) is 0 Å². The van der Waals surface area contributed by atoms with Crippen LogP contribution in [0.4, 0.5) is 0 Å². The molecule has 2 aromatic rings. The summed E-state index contributed by atoms with van der Waals surface area (Å²) in [5.41, 5.74) is 11.4. The minimum Gasteiger partial charge on any atom is -0.496 e. The summed E-state index contributed by atoms with van der Waals surface area (Å²) < 4.78 is 5.44. The molecule has 2 heteroatoms. The van der Waals surface area contributed by atoms with Crippen LogP contribution >= 0.6 is 0 Å². The van der Waals surface area contributed by atoms with E-state index in [1.54, 1.807) is 7.11 Å². The predicted octanol–water partition coefficient (Wildman–Crippen LogP) is 3.87. The molecular formula is C18H23NO. The zero-order chi connectivity index (χ0) is 14.5. The van der Waals surface area contributed by atoms with Gasteiger partial charge in [-0.1, -0.05) is 50.2 Å². The molecule has 0 aliphatic heterocycles. The number of hydrogen-bond acceptors (Lipinski definition) is 2. The number of hydrogen-bond donors (Lipinski definition) is 1. The normalized spacial score (nSPS) is 12.2. The summed E-state index contributed by atoms with van der Waals surface area (Å²) in [5, 5.41) is 0. The monoisotopic (exact) mass is 269 g/mol. The second-order valence-corrected chi connectivity index (χ2v) is 4.96. The molecule has 0 bridgehead atoms. The first-order chi connectivity index (χ1) is 9.71. The molecule has 0 saturated carbocycles. The Morgan fingerprint density at radius 1 is 1.00 bits per heavy atom. The molecule has 1 atom stereocenters. The van der Waals surface area contributed by atoms with E-state index in [9.17, 15) is 0 Å². The van der Waals surface area contributed by atoms with Crippen molar-refractivity contribution in [1.82, 2.24) is 0 Å². The van der Waals surface area contributed by atoms with Gasteiger partial charge in [-0.3, -0.25) is 0 Å². The van der Waals surface area contributed by atoms with Crippen LogP contribution < -0.4 is 10.5 Å². The molecule has 0 amide bonds. The topological polar surface area (TPSA) is 35.2 Å². The lowest BCUT2D eigenvalue weighted by Gasteiger charge is -2.19. The van der Waals surface area contributed by atoms with Gasteiger partial charge in [0, 0.05) is 5.56 Å². The molecule has 0 saturated heterocycles. The van der Waals surface area contributed by atoms with Crippen LogP contribution in [0.25, 0.3) is 0 Å². The largest absolute Gasteiger partial charge is 0.496 e. The fourth-order valence-corrected chi connectivity index (χ4v) is 2.57. The van der Waals surface area contributed by atoms with Crippen LogP contribution in [0.3, 0.4) is 0 Å². The highest BCUT2D eigenvalue weighted by atomic mass is 16.5. The highest BCUT2D eigenvalue weighted by Crippen LogP contribution is 2.30. The van der Waals surface area contributed by atoms with Gasteiger partial charge < -0.3 is 10.5 Å². The maximum atomic E-state index is 6.51. The summed E-state index contributed by atoms with van der Waals surface area (Å²) in [6, 6.07) is 14.5. The number of methoxy groups -OCH3 is 1. The first kappa shape index (κ1) is 14.6. The van der Waals surface area contributed by atoms with Gasteiger partial charge in [0.25, 0.3) is 0 Å². The fourth-order valence-electron chi connectivity index (χ4n) is 2.57. The first-order valence-electron chi connectivity index (χ1n) is 7.21. The molecule has 2 nitrogen and oxygen atoms in total. The highest BCUT2D eigenvalue weighted by molar-refractivity contribution is 5.45. The fraction of sp³-hybridized carbons (Fsp3) is 0.333. The van der Waals surface area contributed by atoms with Gasteiger partial charge in [-0.15, -0.1) is 0 Å². The Morgan fingerprint density at radius 2 is 1.75 bits per heavy atom. The highest BCUT2D eigenvalue weighted by Gasteiger charge is 2.16. The lowest BCUT2D eigenvalue weighted by Crippen LogP contribution is -2.15. The van der Waals surface area contributed by atoms with Crippen LogP contribution in [-0.4, -0.2) is 7.11 Å². The molecule has 20 heavy (non-hydrogen) atoms. The Hall–Kier alpha value is -1.80. The maximum absolute atomic E-state index is 6.51. The van der Waals surface area contributed by atoms with Gasteiger partial charge in [-0.25, -0.2) is 0 Å². The SMILES string of the molecule is CCc1ccc(CC)c(C(N)c2ccccc2OC)c1. The molecule has 1 unspecified atom stereocenters. The van der Waals surface area contributed by atoms with E-state index < -0.39 is 0 Å². The van der Waals surface area contributed by atoms with E-state index in [-0.39, 0.29) is 6.04 Å². The molecule has 0 aromatic heterocycles. The minimum atomic E-state index is -0.146. The standard InChI is InChI=1S/C18H23NO/c1-4-13-10-11-14(5-2)16(12-13)18(19)15-8-6-7-9-17(15)20-3/h6-12,18H,4-5,19H2,1-3H3. The summed E-state index contributed by atoms with van der Waals surface area (Å²) in [6.45, 7) is 4.33. The molecule has 2 N–H and O–H groups in total. The Morgan fingerprint density at radius 3 is 2.40 bits per heavy atom.